The number of hydrogen-bond donors (Lipinski definition) is 1. The van der Waals surface area contributed by atoms with Crippen LogP contribution in [-0.4, -0.2) is 16.5 Å². The van der Waals surface area contributed by atoms with Crippen LogP contribution in [0.2, 0.25) is 5.02 Å². The van der Waals surface area contributed by atoms with Crippen LogP contribution in [0.3, 0.4) is 0 Å². The zero-order valence-corrected chi connectivity index (χ0v) is 18.4. The molecule has 0 spiro atoms. The molecule has 0 saturated carbocycles. The Balaban J connectivity index is 1.51. The molecular weight excluding hydrogens is 412 g/mol. The highest BCUT2D eigenvalue weighted by atomic mass is 35.5. The Morgan fingerprint density at radius 3 is 2.45 bits per heavy atom. The van der Waals surface area contributed by atoms with Crippen LogP contribution in [0.5, 0.6) is 5.75 Å². The molecule has 4 aromatic rings. The quantitative estimate of drug-likeness (QED) is 0.376. The predicted molar refractivity (Wildman–Crippen MR) is 124 cm³/mol. The van der Waals surface area contributed by atoms with Crippen molar-refractivity contribution in [2.75, 3.05) is 5.32 Å². The number of benzene rings is 3. The number of anilines is 1. The molecule has 0 aliphatic rings. The molecule has 0 unspecified atom stereocenters. The third-order valence-electron chi connectivity index (χ3n) is 4.99. The van der Waals surface area contributed by atoms with Gasteiger partial charge >= 0.3 is 0 Å². The Morgan fingerprint density at radius 1 is 1.06 bits per heavy atom. The number of hydrogen-bond acceptors (Lipinski definition) is 4. The first-order valence-electron chi connectivity index (χ1n) is 10.1. The zero-order chi connectivity index (χ0) is 22.0. The van der Waals surface area contributed by atoms with Crippen molar-refractivity contribution >= 4 is 34.3 Å². The maximum atomic E-state index is 12.8. The molecule has 31 heavy (non-hydrogen) atoms. The van der Waals surface area contributed by atoms with Gasteiger partial charge in [0.25, 0.3) is 5.91 Å². The summed E-state index contributed by atoms with van der Waals surface area (Å²) in [4.78, 5) is 17.4. The van der Waals surface area contributed by atoms with E-state index < -0.39 is 5.60 Å². The average molecular weight is 435 g/mol. The van der Waals surface area contributed by atoms with Crippen LogP contribution in [0, 0.1) is 0 Å². The molecule has 0 bridgehead atoms. The largest absolute Gasteiger partial charge is 0.478 e. The van der Waals surface area contributed by atoms with Crippen LogP contribution in [-0.2, 0) is 11.2 Å². The summed E-state index contributed by atoms with van der Waals surface area (Å²) in [5, 5.41) is 3.51. The van der Waals surface area contributed by atoms with E-state index in [4.69, 9.17) is 20.8 Å². The topological polar surface area (TPSA) is 64.4 Å². The lowest BCUT2D eigenvalue weighted by molar-refractivity contribution is -0.128. The Labute approximate surface area is 186 Å². The number of aryl methyl sites for hydroxylation is 1. The number of carbonyl (C=O) groups is 1. The number of carbonyl (C=O) groups excluding carboxylic acids is 1. The molecule has 0 saturated heterocycles. The number of nitrogens with zero attached hydrogens (tertiary/aromatic N) is 1. The summed E-state index contributed by atoms with van der Waals surface area (Å²) >= 11 is 5.91. The van der Waals surface area contributed by atoms with E-state index in [0.29, 0.717) is 33.4 Å². The number of fused-ring (bicyclic) bond motifs is 1. The molecule has 0 radical (unpaired) electrons. The van der Waals surface area contributed by atoms with Crippen LogP contribution in [0.15, 0.2) is 71.1 Å². The second-order valence-corrected chi connectivity index (χ2v) is 8.21. The second kappa shape index (κ2) is 8.44. The molecule has 1 aromatic heterocycles. The van der Waals surface area contributed by atoms with E-state index in [1.54, 1.807) is 56.3 Å². The van der Waals surface area contributed by atoms with Crippen LogP contribution in [0.4, 0.5) is 5.69 Å². The minimum absolute atomic E-state index is 0.277. The van der Waals surface area contributed by atoms with Crippen LogP contribution >= 0.6 is 11.6 Å². The highest BCUT2D eigenvalue weighted by Gasteiger charge is 2.30. The lowest BCUT2D eigenvalue weighted by atomic mass is 10.1. The minimum Gasteiger partial charge on any atom is -0.478 e. The highest BCUT2D eigenvalue weighted by Crippen LogP contribution is 2.27. The molecule has 1 heterocycles. The first kappa shape index (κ1) is 20.9. The van der Waals surface area contributed by atoms with Gasteiger partial charge in [-0.3, -0.25) is 4.79 Å². The second-order valence-electron chi connectivity index (χ2n) is 7.77. The molecule has 158 valence electrons. The fraction of sp³-hybridized carbons (Fsp3) is 0.200. The number of amides is 1. The van der Waals surface area contributed by atoms with Crippen molar-refractivity contribution in [2.24, 2.45) is 0 Å². The van der Waals surface area contributed by atoms with Gasteiger partial charge in [-0.2, -0.15) is 0 Å². The molecule has 6 heteroatoms. The van der Waals surface area contributed by atoms with Gasteiger partial charge in [0.05, 0.1) is 0 Å². The Bertz CT molecular complexity index is 1210. The summed E-state index contributed by atoms with van der Waals surface area (Å²) in [6.45, 7) is 5.54. The van der Waals surface area contributed by atoms with E-state index in [1.807, 2.05) is 12.1 Å². The third kappa shape index (κ3) is 4.72. The standard InChI is InChI=1S/C25H23ClN2O3/c1-4-16-5-7-17(8-6-16)23-28-21-15-19(11-14-22(21)30-23)27-24(29)25(2,3)31-20-12-9-18(26)10-13-20/h5-15H,4H2,1-3H3,(H,27,29). The molecule has 1 amide bonds. The van der Waals surface area contributed by atoms with Gasteiger partial charge in [0.2, 0.25) is 5.89 Å². The van der Waals surface area contributed by atoms with Gasteiger partial charge in [0.15, 0.2) is 11.2 Å². The molecule has 5 nitrogen and oxygen atoms in total. The molecule has 3 aromatic carbocycles. The summed E-state index contributed by atoms with van der Waals surface area (Å²) in [6, 6.07) is 20.4. The van der Waals surface area contributed by atoms with Crippen molar-refractivity contribution in [3.05, 3.63) is 77.3 Å². The lowest BCUT2D eigenvalue weighted by Gasteiger charge is -2.25. The number of ether oxygens (including phenoxy) is 1. The predicted octanol–water partition coefficient (Wildman–Crippen LogP) is 6.51. The van der Waals surface area contributed by atoms with E-state index in [1.165, 1.54) is 5.56 Å². The first-order chi connectivity index (χ1) is 14.8. The first-order valence-corrected chi connectivity index (χ1v) is 10.5. The monoisotopic (exact) mass is 434 g/mol. The summed E-state index contributed by atoms with van der Waals surface area (Å²) in [5.74, 6) is 0.837. The van der Waals surface area contributed by atoms with Gasteiger partial charge in [-0.25, -0.2) is 4.98 Å². The minimum atomic E-state index is -1.08. The van der Waals surface area contributed by atoms with Crippen molar-refractivity contribution in [3.8, 4) is 17.2 Å². The lowest BCUT2D eigenvalue weighted by Crippen LogP contribution is -2.42. The molecule has 0 fully saturated rings. The summed E-state index contributed by atoms with van der Waals surface area (Å²) in [7, 11) is 0. The number of halogens is 1. The number of nitrogens with one attached hydrogen (secondary N) is 1. The van der Waals surface area contributed by atoms with E-state index >= 15 is 0 Å². The van der Waals surface area contributed by atoms with Gasteiger partial charge in [0.1, 0.15) is 11.3 Å². The number of rotatable bonds is 6. The van der Waals surface area contributed by atoms with Gasteiger partial charge in [0, 0.05) is 16.3 Å². The molecular formula is C25H23ClN2O3. The summed E-state index contributed by atoms with van der Waals surface area (Å²) in [6.07, 6.45) is 0.981. The van der Waals surface area contributed by atoms with E-state index in [2.05, 4.69) is 29.4 Å². The fourth-order valence-electron chi connectivity index (χ4n) is 3.14. The van der Waals surface area contributed by atoms with E-state index in [0.717, 1.165) is 12.0 Å². The average Bonchev–Trinajstić information content (AvgIpc) is 3.18. The molecule has 1 N–H and O–H groups in total. The van der Waals surface area contributed by atoms with Crippen molar-refractivity contribution in [1.82, 2.24) is 4.98 Å². The van der Waals surface area contributed by atoms with Gasteiger partial charge < -0.3 is 14.5 Å². The highest BCUT2D eigenvalue weighted by molar-refractivity contribution is 6.30. The maximum Gasteiger partial charge on any atom is 0.267 e. The molecule has 0 aliphatic heterocycles. The number of oxazole rings is 1. The fourth-order valence-corrected chi connectivity index (χ4v) is 3.26. The molecule has 4 rings (SSSR count). The van der Waals surface area contributed by atoms with Crippen molar-refractivity contribution in [1.29, 1.82) is 0 Å². The third-order valence-corrected chi connectivity index (χ3v) is 5.24. The Kier molecular flexibility index (Phi) is 5.70. The molecule has 0 aliphatic carbocycles. The summed E-state index contributed by atoms with van der Waals surface area (Å²) in [5.41, 5.74) is 3.03. The van der Waals surface area contributed by atoms with E-state index in [-0.39, 0.29) is 5.91 Å². The van der Waals surface area contributed by atoms with E-state index in [9.17, 15) is 4.79 Å². The van der Waals surface area contributed by atoms with Gasteiger partial charge in [-0.1, -0.05) is 30.7 Å². The molecule has 0 atom stereocenters. The Morgan fingerprint density at radius 2 is 1.77 bits per heavy atom. The normalized spacial score (nSPS) is 11.5. The van der Waals surface area contributed by atoms with Gasteiger partial charge in [-0.05, 0) is 80.4 Å². The van der Waals surface area contributed by atoms with Crippen molar-refractivity contribution in [3.63, 3.8) is 0 Å². The summed E-state index contributed by atoms with van der Waals surface area (Å²) < 4.78 is 11.7. The van der Waals surface area contributed by atoms with Gasteiger partial charge in [-0.15, -0.1) is 0 Å². The SMILES string of the molecule is CCc1ccc(-c2nc3cc(NC(=O)C(C)(C)Oc4ccc(Cl)cc4)ccc3o2)cc1. The van der Waals surface area contributed by atoms with Crippen LogP contribution < -0.4 is 10.1 Å². The van der Waals surface area contributed by atoms with Crippen LogP contribution in [0.25, 0.3) is 22.6 Å². The van der Waals surface area contributed by atoms with Crippen molar-refractivity contribution in [2.45, 2.75) is 32.8 Å². The van der Waals surface area contributed by atoms with Crippen LogP contribution in [0.1, 0.15) is 26.3 Å². The zero-order valence-electron chi connectivity index (χ0n) is 17.6. The maximum absolute atomic E-state index is 12.8. The smallest absolute Gasteiger partial charge is 0.267 e. The number of aromatic nitrogens is 1. The Hall–Kier alpha value is -3.31. The van der Waals surface area contributed by atoms with Crippen molar-refractivity contribution < 1.29 is 13.9 Å².